The highest BCUT2D eigenvalue weighted by Gasteiger charge is 2.22. The Bertz CT molecular complexity index is 474. The molecule has 19 heavy (non-hydrogen) atoms. The van der Waals surface area contributed by atoms with E-state index in [1.807, 2.05) is 0 Å². The summed E-state index contributed by atoms with van der Waals surface area (Å²) in [5, 5.41) is 14.1. The number of nitrogens with zero attached hydrogens (tertiary/aromatic N) is 3. The van der Waals surface area contributed by atoms with Crippen LogP contribution < -0.4 is 16.6 Å². The number of hydrogen-bond donors (Lipinski definition) is 3. The number of nitrogen functional groups attached to an aromatic ring is 1. The van der Waals surface area contributed by atoms with Crippen molar-refractivity contribution >= 4 is 17.5 Å². The first-order chi connectivity index (χ1) is 9.11. The second kappa shape index (κ2) is 5.79. The van der Waals surface area contributed by atoms with Crippen LogP contribution in [0.2, 0.25) is 0 Å². The molecule has 8 nitrogen and oxygen atoms in total. The number of nitrogens with two attached hydrogens (primary N) is 1. The third-order valence-corrected chi connectivity index (χ3v) is 3.44. The molecule has 0 unspecified atom stereocenters. The second-order valence-electron chi connectivity index (χ2n) is 4.74. The lowest BCUT2D eigenvalue weighted by atomic mass is 9.83. The number of nitro groups is 1. The van der Waals surface area contributed by atoms with E-state index in [1.54, 1.807) is 6.92 Å². The molecule has 8 heteroatoms. The number of hydrogen-bond acceptors (Lipinski definition) is 7. The Morgan fingerprint density at radius 1 is 1.47 bits per heavy atom. The number of rotatable bonds is 6. The van der Waals surface area contributed by atoms with Gasteiger partial charge >= 0.3 is 5.69 Å². The quantitative estimate of drug-likeness (QED) is 0.406. The van der Waals surface area contributed by atoms with Crippen molar-refractivity contribution in [2.75, 3.05) is 17.3 Å². The van der Waals surface area contributed by atoms with Gasteiger partial charge in [-0.1, -0.05) is 19.3 Å². The molecule has 1 aromatic rings. The molecule has 0 saturated heterocycles. The van der Waals surface area contributed by atoms with Crippen molar-refractivity contribution in [2.45, 2.75) is 32.6 Å². The Morgan fingerprint density at radius 2 is 2.21 bits per heavy atom. The van der Waals surface area contributed by atoms with Crippen LogP contribution in [-0.4, -0.2) is 21.4 Å². The van der Waals surface area contributed by atoms with Gasteiger partial charge in [-0.3, -0.25) is 15.5 Å². The number of aryl methyl sites for hydroxylation is 1. The Hall–Kier alpha value is -1.96. The standard InChI is InChI=1S/C11H18N6O2/c1-7-9(17(18)19)10(15-11(14-7)16-12)13-6-5-8-3-2-4-8/h8H,2-6,12H2,1H3,(H2,13,14,15,16). The minimum Gasteiger partial charge on any atom is -0.364 e. The van der Waals surface area contributed by atoms with Crippen molar-refractivity contribution in [3.05, 3.63) is 15.8 Å². The average Bonchev–Trinajstić information content (AvgIpc) is 2.31. The zero-order valence-corrected chi connectivity index (χ0v) is 10.8. The summed E-state index contributed by atoms with van der Waals surface area (Å²) in [6.45, 7) is 2.24. The van der Waals surface area contributed by atoms with Gasteiger partial charge in [0, 0.05) is 6.54 Å². The molecule has 1 heterocycles. The van der Waals surface area contributed by atoms with Crippen LogP contribution in [0.25, 0.3) is 0 Å². The van der Waals surface area contributed by atoms with E-state index >= 15 is 0 Å². The average molecular weight is 266 g/mol. The molecule has 0 bridgehead atoms. The summed E-state index contributed by atoms with van der Waals surface area (Å²) in [6, 6.07) is 0. The number of anilines is 2. The van der Waals surface area contributed by atoms with Gasteiger partial charge in [0.2, 0.25) is 11.8 Å². The van der Waals surface area contributed by atoms with Crippen molar-refractivity contribution < 1.29 is 4.92 Å². The van der Waals surface area contributed by atoms with E-state index in [4.69, 9.17) is 5.84 Å². The van der Waals surface area contributed by atoms with Gasteiger partial charge in [0.05, 0.1) is 4.92 Å². The first kappa shape index (κ1) is 13.5. The summed E-state index contributed by atoms with van der Waals surface area (Å²) in [5.41, 5.74) is 2.51. The van der Waals surface area contributed by atoms with Crippen LogP contribution in [0, 0.1) is 23.0 Å². The molecule has 0 atom stereocenters. The molecule has 1 fully saturated rings. The van der Waals surface area contributed by atoms with Crippen molar-refractivity contribution in [1.29, 1.82) is 0 Å². The zero-order valence-electron chi connectivity index (χ0n) is 10.8. The zero-order chi connectivity index (χ0) is 13.8. The van der Waals surface area contributed by atoms with E-state index in [-0.39, 0.29) is 17.5 Å². The lowest BCUT2D eigenvalue weighted by Crippen LogP contribution is -2.18. The fourth-order valence-corrected chi connectivity index (χ4v) is 2.15. The maximum Gasteiger partial charge on any atom is 0.332 e. The minimum absolute atomic E-state index is 0.0902. The molecule has 0 spiro atoms. The van der Waals surface area contributed by atoms with Gasteiger partial charge in [0.1, 0.15) is 5.69 Å². The molecule has 1 aliphatic carbocycles. The normalized spacial score (nSPS) is 14.8. The maximum absolute atomic E-state index is 11.0. The summed E-state index contributed by atoms with van der Waals surface area (Å²) in [6.07, 6.45) is 4.80. The van der Waals surface area contributed by atoms with E-state index in [2.05, 4.69) is 20.7 Å². The molecule has 0 amide bonds. The van der Waals surface area contributed by atoms with Crippen LogP contribution in [0.3, 0.4) is 0 Å². The van der Waals surface area contributed by atoms with Crippen LogP contribution in [0.1, 0.15) is 31.4 Å². The Morgan fingerprint density at radius 3 is 2.74 bits per heavy atom. The highest BCUT2D eigenvalue weighted by molar-refractivity contribution is 5.60. The molecule has 2 rings (SSSR count). The van der Waals surface area contributed by atoms with E-state index in [9.17, 15) is 10.1 Å². The number of nitrogens with one attached hydrogen (secondary N) is 2. The van der Waals surface area contributed by atoms with Crippen molar-refractivity contribution in [3.8, 4) is 0 Å². The predicted molar refractivity (Wildman–Crippen MR) is 71.7 cm³/mol. The molecular formula is C11H18N6O2. The van der Waals surface area contributed by atoms with Gasteiger partial charge in [-0.15, -0.1) is 0 Å². The summed E-state index contributed by atoms with van der Waals surface area (Å²) in [7, 11) is 0. The highest BCUT2D eigenvalue weighted by atomic mass is 16.6. The monoisotopic (exact) mass is 266 g/mol. The van der Waals surface area contributed by atoms with Crippen LogP contribution in [-0.2, 0) is 0 Å². The topological polar surface area (TPSA) is 119 Å². The lowest BCUT2D eigenvalue weighted by molar-refractivity contribution is -0.385. The molecule has 1 saturated carbocycles. The number of hydrazine groups is 1. The number of aromatic nitrogens is 2. The first-order valence-corrected chi connectivity index (χ1v) is 6.35. The van der Waals surface area contributed by atoms with E-state index in [0.29, 0.717) is 12.2 Å². The van der Waals surface area contributed by atoms with Crippen LogP contribution in [0.15, 0.2) is 0 Å². The third-order valence-electron chi connectivity index (χ3n) is 3.44. The van der Waals surface area contributed by atoms with Gasteiger partial charge < -0.3 is 5.32 Å². The van der Waals surface area contributed by atoms with Gasteiger partial charge in [-0.25, -0.2) is 10.8 Å². The summed E-state index contributed by atoms with van der Waals surface area (Å²) >= 11 is 0. The van der Waals surface area contributed by atoms with Crippen LogP contribution >= 0.6 is 0 Å². The van der Waals surface area contributed by atoms with Gasteiger partial charge in [-0.05, 0) is 19.3 Å². The molecule has 0 radical (unpaired) electrons. The van der Waals surface area contributed by atoms with E-state index in [1.165, 1.54) is 19.3 Å². The van der Waals surface area contributed by atoms with Gasteiger partial charge in [-0.2, -0.15) is 4.98 Å². The molecule has 1 aliphatic rings. The Balaban J connectivity index is 2.10. The first-order valence-electron chi connectivity index (χ1n) is 6.35. The lowest BCUT2D eigenvalue weighted by Gasteiger charge is -2.25. The second-order valence-corrected chi connectivity index (χ2v) is 4.74. The maximum atomic E-state index is 11.0. The summed E-state index contributed by atoms with van der Waals surface area (Å²) in [5.74, 6) is 6.39. The molecular weight excluding hydrogens is 248 g/mol. The van der Waals surface area contributed by atoms with Gasteiger partial charge in [0.25, 0.3) is 0 Å². The fraction of sp³-hybridized carbons (Fsp3) is 0.636. The largest absolute Gasteiger partial charge is 0.364 e. The van der Waals surface area contributed by atoms with E-state index in [0.717, 1.165) is 12.3 Å². The molecule has 0 aliphatic heterocycles. The Labute approximate surface area is 110 Å². The van der Waals surface area contributed by atoms with Crippen molar-refractivity contribution in [3.63, 3.8) is 0 Å². The van der Waals surface area contributed by atoms with Crippen LogP contribution in [0.5, 0.6) is 0 Å². The minimum atomic E-state index is -0.471. The summed E-state index contributed by atoms with van der Waals surface area (Å²) in [4.78, 5) is 18.5. The molecule has 104 valence electrons. The highest BCUT2D eigenvalue weighted by Crippen LogP contribution is 2.30. The fourth-order valence-electron chi connectivity index (χ4n) is 2.15. The smallest absolute Gasteiger partial charge is 0.332 e. The van der Waals surface area contributed by atoms with Crippen molar-refractivity contribution in [2.24, 2.45) is 11.8 Å². The SMILES string of the molecule is Cc1nc(NN)nc(NCCC2CCC2)c1[N+](=O)[O-]. The van der Waals surface area contributed by atoms with Crippen molar-refractivity contribution in [1.82, 2.24) is 9.97 Å². The van der Waals surface area contributed by atoms with E-state index < -0.39 is 4.92 Å². The third kappa shape index (κ3) is 3.08. The predicted octanol–water partition coefficient (Wildman–Crippen LogP) is 1.58. The molecule has 0 aromatic carbocycles. The van der Waals surface area contributed by atoms with Gasteiger partial charge in [0.15, 0.2) is 0 Å². The summed E-state index contributed by atoms with van der Waals surface area (Å²) < 4.78 is 0. The molecule has 1 aromatic heterocycles. The Kier molecular flexibility index (Phi) is 4.10. The van der Waals surface area contributed by atoms with Crippen LogP contribution in [0.4, 0.5) is 17.5 Å². The molecule has 4 N–H and O–H groups in total.